The molecule has 1 aliphatic heterocycles. The fraction of sp³-hybridized carbons (Fsp3) is 0.214. The van der Waals surface area contributed by atoms with Gasteiger partial charge in [-0.25, -0.2) is 9.38 Å². The van der Waals surface area contributed by atoms with Crippen molar-refractivity contribution in [1.82, 2.24) is 0 Å². The van der Waals surface area contributed by atoms with E-state index in [-0.39, 0.29) is 0 Å². The summed E-state index contributed by atoms with van der Waals surface area (Å²) in [5, 5.41) is 0. The van der Waals surface area contributed by atoms with Crippen LogP contribution in [0.5, 0.6) is 0 Å². The SMILES string of the molecule is CC1(CF)OC(c2ccco2)=Nc2ccccc21. The highest BCUT2D eigenvalue weighted by molar-refractivity contribution is 5.95. The molecule has 3 rings (SSSR count). The molecule has 1 aliphatic rings. The lowest BCUT2D eigenvalue weighted by molar-refractivity contribution is 0.0404. The minimum Gasteiger partial charge on any atom is -0.461 e. The van der Waals surface area contributed by atoms with Crippen LogP contribution in [0, 0.1) is 0 Å². The number of aliphatic imine (C=N–C) groups is 1. The number of para-hydroxylation sites is 1. The second-order valence-corrected chi connectivity index (χ2v) is 4.38. The lowest BCUT2D eigenvalue weighted by Crippen LogP contribution is -2.34. The van der Waals surface area contributed by atoms with E-state index in [2.05, 4.69) is 4.99 Å². The Kier molecular flexibility index (Phi) is 2.44. The fourth-order valence-electron chi connectivity index (χ4n) is 2.02. The Labute approximate surface area is 104 Å². The summed E-state index contributed by atoms with van der Waals surface area (Å²) in [5.74, 6) is 0.822. The van der Waals surface area contributed by atoms with E-state index >= 15 is 0 Å². The van der Waals surface area contributed by atoms with Crippen LogP contribution in [0.1, 0.15) is 18.2 Å². The normalized spacial score (nSPS) is 22.0. The molecule has 0 saturated heterocycles. The van der Waals surface area contributed by atoms with E-state index in [9.17, 15) is 4.39 Å². The largest absolute Gasteiger partial charge is 0.461 e. The number of fused-ring (bicyclic) bond motifs is 1. The molecule has 0 spiro atoms. The van der Waals surface area contributed by atoms with E-state index in [0.717, 1.165) is 11.3 Å². The summed E-state index contributed by atoms with van der Waals surface area (Å²) in [5.41, 5.74) is 0.457. The van der Waals surface area contributed by atoms with Crippen LogP contribution in [0.15, 0.2) is 52.1 Å². The lowest BCUT2D eigenvalue weighted by Gasteiger charge is -2.32. The number of alkyl halides is 1. The molecule has 2 aromatic rings. The molecule has 18 heavy (non-hydrogen) atoms. The highest BCUT2D eigenvalue weighted by Crippen LogP contribution is 2.38. The molecule has 0 amide bonds. The van der Waals surface area contributed by atoms with E-state index in [1.807, 2.05) is 24.3 Å². The van der Waals surface area contributed by atoms with Crippen molar-refractivity contribution in [2.75, 3.05) is 6.67 Å². The number of furan rings is 1. The van der Waals surface area contributed by atoms with Crippen LogP contribution in [0.4, 0.5) is 10.1 Å². The lowest BCUT2D eigenvalue weighted by atomic mass is 9.94. The van der Waals surface area contributed by atoms with Gasteiger partial charge in [-0.05, 0) is 25.1 Å². The predicted molar refractivity (Wildman–Crippen MR) is 65.8 cm³/mol. The average molecular weight is 245 g/mol. The minimum atomic E-state index is -1.01. The molecular weight excluding hydrogens is 233 g/mol. The summed E-state index contributed by atoms with van der Waals surface area (Å²) in [6, 6.07) is 10.9. The maximum atomic E-state index is 13.3. The highest BCUT2D eigenvalue weighted by Gasteiger charge is 2.37. The number of hydrogen-bond donors (Lipinski definition) is 0. The third-order valence-corrected chi connectivity index (χ3v) is 3.00. The Morgan fingerprint density at radius 1 is 1.22 bits per heavy atom. The van der Waals surface area contributed by atoms with E-state index in [1.54, 1.807) is 19.1 Å². The topological polar surface area (TPSA) is 34.7 Å². The molecule has 1 aromatic carbocycles. The summed E-state index contributed by atoms with van der Waals surface area (Å²) in [7, 11) is 0. The molecule has 0 bridgehead atoms. The summed E-state index contributed by atoms with van der Waals surface area (Å²) in [4.78, 5) is 4.37. The molecule has 3 nitrogen and oxygen atoms in total. The van der Waals surface area contributed by atoms with Gasteiger partial charge in [0.25, 0.3) is 5.90 Å². The van der Waals surface area contributed by atoms with Crippen LogP contribution >= 0.6 is 0 Å². The van der Waals surface area contributed by atoms with Gasteiger partial charge in [0.2, 0.25) is 0 Å². The first-order valence-corrected chi connectivity index (χ1v) is 5.70. The quantitative estimate of drug-likeness (QED) is 0.810. The van der Waals surface area contributed by atoms with Crippen molar-refractivity contribution in [3.8, 4) is 0 Å². The Morgan fingerprint density at radius 2 is 2.06 bits per heavy atom. The van der Waals surface area contributed by atoms with Gasteiger partial charge in [-0.3, -0.25) is 0 Å². The van der Waals surface area contributed by atoms with Crippen molar-refractivity contribution in [3.63, 3.8) is 0 Å². The number of halogens is 1. The fourth-order valence-corrected chi connectivity index (χ4v) is 2.02. The Bertz CT molecular complexity index is 592. The number of benzene rings is 1. The Hall–Kier alpha value is -2.10. The van der Waals surface area contributed by atoms with Crippen molar-refractivity contribution >= 4 is 11.6 Å². The molecule has 0 aliphatic carbocycles. The maximum Gasteiger partial charge on any atom is 0.259 e. The second kappa shape index (κ2) is 3.98. The molecule has 0 fully saturated rings. The van der Waals surface area contributed by atoms with Gasteiger partial charge in [0.05, 0.1) is 12.0 Å². The third kappa shape index (κ3) is 1.61. The highest BCUT2D eigenvalue weighted by atomic mass is 19.1. The first kappa shape index (κ1) is 11.0. The van der Waals surface area contributed by atoms with Crippen LogP contribution in [0.2, 0.25) is 0 Å². The third-order valence-electron chi connectivity index (χ3n) is 3.00. The number of ether oxygens (including phenoxy) is 1. The van der Waals surface area contributed by atoms with Gasteiger partial charge < -0.3 is 9.15 Å². The molecule has 0 N–H and O–H groups in total. The van der Waals surface area contributed by atoms with E-state index < -0.39 is 12.3 Å². The zero-order chi connectivity index (χ0) is 12.6. The van der Waals surface area contributed by atoms with E-state index in [4.69, 9.17) is 9.15 Å². The molecule has 4 heteroatoms. The molecule has 0 radical (unpaired) electrons. The van der Waals surface area contributed by atoms with E-state index in [1.165, 1.54) is 6.26 Å². The maximum absolute atomic E-state index is 13.3. The molecule has 1 aromatic heterocycles. The summed E-state index contributed by atoms with van der Waals surface area (Å²) in [6.07, 6.45) is 1.54. The molecule has 0 saturated carbocycles. The van der Waals surface area contributed by atoms with Crippen molar-refractivity contribution in [2.24, 2.45) is 4.99 Å². The monoisotopic (exact) mass is 245 g/mol. The number of nitrogens with zero attached hydrogens (tertiary/aromatic N) is 1. The molecule has 92 valence electrons. The zero-order valence-electron chi connectivity index (χ0n) is 9.89. The summed E-state index contributed by atoms with van der Waals surface area (Å²) in [6.45, 7) is 1.09. The standard InChI is InChI=1S/C14H12FNO2/c1-14(9-15)10-5-2-3-6-11(10)16-13(18-14)12-7-4-8-17-12/h2-8H,9H2,1H3. The molecule has 2 heterocycles. The number of rotatable bonds is 2. The average Bonchev–Trinajstić information content (AvgIpc) is 2.93. The van der Waals surface area contributed by atoms with Crippen LogP contribution in [0.25, 0.3) is 0 Å². The van der Waals surface area contributed by atoms with Crippen molar-refractivity contribution < 1.29 is 13.5 Å². The molecule has 1 unspecified atom stereocenters. The van der Waals surface area contributed by atoms with Crippen LogP contribution in [0.3, 0.4) is 0 Å². The Balaban J connectivity index is 2.15. The van der Waals surface area contributed by atoms with Gasteiger partial charge in [0.15, 0.2) is 11.4 Å². The number of hydrogen-bond acceptors (Lipinski definition) is 3. The van der Waals surface area contributed by atoms with Gasteiger partial charge in [-0.2, -0.15) is 0 Å². The van der Waals surface area contributed by atoms with Gasteiger partial charge in [0.1, 0.15) is 6.67 Å². The first-order chi connectivity index (χ1) is 8.73. The van der Waals surface area contributed by atoms with Gasteiger partial charge >= 0.3 is 0 Å². The Morgan fingerprint density at radius 3 is 2.78 bits per heavy atom. The van der Waals surface area contributed by atoms with Gasteiger partial charge in [0, 0.05) is 5.56 Å². The van der Waals surface area contributed by atoms with Gasteiger partial charge in [-0.1, -0.05) is 18.2 Å². The van der Waals surface area contributed by atoms with Crippen molar-refractivity contribution in [1.29, 1.82) is 0 Å². The predicted octanol–water partition coefficient (Wildman–Crippen LogP) is 3.57. The van der Waals surface area contributed by atoms with Crippen LogP contribution < -0.4 is 0 Å². The van der Waals surface area contributed by atoms with Gasteiger partial charge in [-0.15, -0.1) is 0 Å². The minimum absolute atomic E-state index is 0.318. The molecule has 1 atom stereocenters. The summed E-state index contributed by atoms with van der Waals surface area (Å²) >= 11 is 0. The smallest absolute Gasteiger partial charge is 0.259 e. The van der Waals surface area contributed by atoms with Crippen molar-refractivity contribution in [3.05, 3.63) is 54.0 Å². The first-order valence-electron chi connectivity index (χ1n) is 5.70. The molecular formula is C14H12FNO2. The van der Waals surface area contributed by atoms with Crippen molar-refractivity contribution in [2.45, 2.75) is 12.5 Å². The summed E-state index contributed by atoms with van der Waals surface area (Å²) < 4.78 is 24.3. The zero-order valence-corrected chi connectivity index (χ0v) is 9.89. The van der Waals surface area contributed by atoms with E-state index in [0.29, 0.717) is 11.7 Å². The second-order valence-electron chi connectivity index (χ2n) is 4.38. The van der Waals surface area contributed by atoms with Crippen LogP contribution in [-0.4, -0.2) is 12.6 Å². The van der Waals surface area contributed by atoms with Crippen LogP contribution in [-0.2, 0) is 10.3 Å².